The van der Waals surface area contributed by atoms with Gasteiger partial charge in [0, 0.05) is 18.9 Å². The Morgan fingerprint density at radius 3 is 2.38 bits per heavy atom. The monoisotopic (exact) mass is 351 g/mol. The zero-order chi connectivity index (χ0) is 19.1. The number of hydrogen-bond donors (Lipinski definition) is 2. The van der Waals surface area contributed by atoms with Crippen LogP contribution in [0, 0.1) is 11.3 Å². The SMILES string of the molecule is CC(=O)Oc1ccc(C(=O)N[C@H](Cc2ccccc2C#N)C(N)=O)cc1. The highest BCUT2D eigenvalue weighted by atomic mass is 16.5. The van der Waals surface area contributed by atoms with Crippen LogP contribution in [0.15, 0.2) is 48.5 Å². The number of carbonyl (C=O) groups is 3. The van der Waals surface area contributed by atoms with E-state index in [1.807, 2.05) is 6.07 Å². The van der Waals surface area contributed by atoms with Crippen LogP contribution in [0.2, 0.25) is 0 Å². The van der Waals surface area contributed by atoms with Crippen molar-refractivity contribution < 1.29 is 19.1 Å². The van der Waals surface area contributed by atoms with Gasteiger partial charge in [-0.2, -0.15) is 5.26 Å². The van der Waals surface area contributed by atoms with E-state index in [-0.39, 0.29) is 12.0 Å². The molecule has 2 amide bonds. The Labute approximate surface area is 150 Å². The predicted molar refractivity (Wildman–Crippen MR) is 93.1 cm³/mol. The first-order valence-electron chi connectivity index (χ1n) is 7.77. The number of carbonyl (C=O) groups excluding carboxylic acids is 3. The van der Waals surface area contributed by atoms with E-state index in [0.29, 0.717) is 16.9 Å². The summed E-state index contributed by atoms with van der Waals surface area (Å²) in [6, 6.07) is 13.7. The van der Waals surface area contributed by atoms with Crippen LogP contribution in [0.4, 0.5) is 0 Å². The number of amides is 2. The van der Waals surface area contributed by atoms with E-state index in [1.165, 1.54) is 31.2 Å². The van der Waals surface area contributed by atoms with Gasteiger partial charge in [-0.05, 0) is 35.9 Å². The molecule has 7 nitrogen and oxygen atoms in total. The van der Waals surface area contributed by atoms with Gasteiger partial charge in [-0.1, -0.05) is 18.2 Å². The van der Waals surface area contributed by atoms with E-state index in [2.05, 4.69) is 5.32 Å². The lowest BCUT2D eigenvalue weighted by molar-refractivity contribution is -0.131. The third-order valence-electron chi connectivity index (χ3n) is 3.59. The highest BCUT2D eigenvalue weighted by Crippen LogP contribution is 2.14. The number of ether oxygens (including phenoxy) is 1. The van der Waals surface area contributed by atoms with Crippen molar-refractivity contribution in [2.45, 2.75) is 19.4 Å². The van der Waals surface area contributed by atoms with Crippen molar-refractivity contribution in [2.75, 3.05) is 0 Å². The van der Waals surface area contributed by atoms with Crippen LogP contribution >= 0.6 is 0 Å². The number of esters is 1. The maximum absolute atomic E-state index is 12.3. The quantitative estimate of drug-likeness (QED) is 0.600. The molecule has 0 saturated heterocycles. The Morgan fingerprint density at radius 1 is 1.15 bits per heavy atom. The lowest BCUT2D eigenvalue weighted by atomic mass is 10.00. The zero-order valence-electron chi connectivity index (χ0n) is 14.1. The smallest absolute Gasteiger partial charge is 0.308 e. The summed E-state index contributed by atoms with van der Waals surface area (Å²) in [5, 5.41) is 11.7. The average molecular weight is 351 g/mol. The summed E-state index contributed by atoms with van der Waals surface area (Å²) in [5.41, 5.74) is 6.70. The van der Waals surface area contributed by atoms with Gasteiger partial charge in [-0.25, -0.2) is 0 Å². The van der Waals surface area contributed by atoms with Crippen molar-refractivity contribution >= 4 is 17.8 Å². The number of nitrogens with zero attached hydrogens (tertiary/aromatic N) is 1. The summed E-state index contributed by atoms with van der Waals surface area (Å²) in [6.45, 7) is 1.27. The summed E-state index contributed by atoms with van der Waals surface area (Å²) in [5.74, 6) is -1.36. The molecular formula is C19H17N3O4. The summed E-state index contributed by atoms with van der Waals surface area (Å²) in [4.78, 5) is 35.0. The maximum atomic E-state index is 12.3. The molecular weight excluding hydrogens is 334 g/mol. The fourth-order valence-corrected chi connectivity index (χ4v) is 2.33. The largest absolute Gasteiger partial charge is 0.427 e. The van der Waals surface area contributed by atoms with Crippen molar-refractivity contribution in [2.24, 2.45) is 5.73 Å². The highest BCUT2D eigenvalue weighted by Gasteiger charge is 2.20. The highest BCUT2D eigenvalue weighted by molar-refractivity contribution is 5.97. The standard InChI is InChI=1S/C19H17N3O4/c1-12(23)26-16-8-6-13(7-9-16)19(25)22-17(18(21)24)10-14-4-2-3-5-15(14)11-20/h2-9,17H,10H2,1H3,(H2,21,24)(H,22,25)/t17-/m1/s1. The van der Waals surface area contributed by atoms with E-state index in [9.17, 15) is 14.4 Å². The number of nitrogens with one attached hydrogen (secondary N) is 1. The van der Waals surface area contributed by atoms with Gasteiger partial charge in [-0.3, -0.25) is 14.4 Å². The molecule has 0 unspecified atom stereocenters. The summed E-state index contributed by atoms with van der Waals surface area (Å²) < 4.78 is 4.90. The molecule has 0 saturated carbocycles. The van der Waals surface area contributed by atoms with Crippen molar-refractivity contribution in [1.82, 2.24) is 5.32 Å². The first-order valence-corrected chi connectivity index (χ1v) is 7.77. The fraction of sp³-hybridized carbons (Fsp3) is 0.158. The molecule has 0 aliphatic carbocycles. The predicted octanol–water partition coefficient (Wildman–Crippen LogP) is 1.31. The molecule has 1 atom stereocenters. The summed E-state index contributed by atoms with van der Waals surface area (Å²) >= 11 is 0. The fourth-order valence-electron chi connectivity index (χ4n) is 2.33. The van der Waals surface area contributed by atoms with Crippen LogP contribution in [0.5, 0.6) is 5.75 Å². The second-order valence-electron chi connectivity index (χ2n) is 5.52. The minimum atomic E-state index is -0.967. The molecule has 2 aromatic carbocycles. The van der Waals surface area contributed by atoms with E-state index in [4.69, 9.17) is 15.7 Å². The number of primary amides is 1. The van der Waals surface area contributed by atoms with Gasteiger partial charge in [0.2, 0.25) is 5.91 Å². The minimum absolute atomic E-state index is 0.107. The maximum Gasteiger partial charge on any atom is 0.308 e. The van der Waals surface area contributed by atoms with Gasteiger partial charge < -0.3 is 15.8 Å². The number of benzene rings is 2. The summed E-state index contributed by atoms with van der Waals surface area (Å²) in [6.07, 6.45) is 0.107. The Hall–Kier alpha value is -3.66. The molecule has 26 heavy (non-hydrogen) atoms. The molecule has 2 aromatic rings. The zero-order valence-corrected chi connectivity index (χ0v) is 14.1. The Bertz CT molecular complexity index is 869. The van der Waals surface area contributed by atoms with Gasteiger partial charge in [-0.15, -0.1) is 0 Å². The Balaban J connectivity index is 2.12. The molecule has 0 bridgehead atoms. The topological polar surface area (TPSA) is 122 Å². The van der Waals surface area contributed by atoms with Gasteiger partial charge in [0.15, 0.2) is 0 Å². The average Bonchev–Trinajstić information content (AvgIpc) is 2.61. The van der Waals surface area contributed by atoms with E-state index in [0.717, 1.165) is 0 Å². The molecule has 0 aromatic heterocycles. The molecule has 0 heterocycles. The number of hydrogen-bond acceptors (Lipinski definition) is 5. The third kappa shape index (κ3) is 4.92. The first kappa shape index (κ1) is 18.7. The number of nitrogens with two attached hydrogens (primary N) is 1. The Morgan fingerprint density at radius 2 is 1.81 bits per heavy atom. The second-order valence-corrected chi connectivity index (χ2v) is 5.52. The molecule has 0 aliphatic heterocycles. The van der Waals surface area contributed by atoms with E-state index >= 15 is 0 Å². The normalized spacial score (nSPS) is 11.1. The van der Waals surface area contributed by atoms with Gasteiger partial charge in [0.25, 0.3) is 5.91 Å². The second kappa shape index (κ2) is 8.44. The first-order chi connectivity index (χ1) is 12.4. The van der Waals surface area contributed by atoms with E-state index in [1.54, 1.807) is 24.3 Å². The Kier molecular flexibility index (Phi) is 6.06. The number of nitriles is 1. The molecule has 0 radical (unpaired) electrons. The molecule has 0 spiro atoms. The van der Waals surface area contributed by atoms with E-state index < -0.39 is 23.8 Å². The van der Waals surface area contributed by atoms with Crippen LogP contribution < -0.4 is 15.8 Å². The van der Waals surface area contributed by atoms with Crippen LogP contribution in [0.25, 0.3) is 0 Å². The van der Waals surface area contributed by atoms with Crippen LogP contribution in [-0.2, 0) is 16.0 Å². The number of rotatable bonds is 6. The lowest BCUT2D eigenvalue weighted by Crippen LogP contribution is -2.46. The van der Waals surface area contributed by atoms with Gasteiger partial charge in [0.05, 0.1) is 11.6 Å². The molecule has 7 heteroatoms. The van der Waals surface area contributed by atoms with Gasteiger partial charge >= 0.3 is 5.97 Å². The molecule has 3 N–H and O–H groups in total. The van der Waals surface area contributed by atoms with Crippen LogP contribution in [0.3, 0.4) is 0 Å². The molecule has 2 rings (SSSR count). The van der Waals surface area contributed by atoms with Crippen LogP contribution in [-0.4, -0.2) is 23.8 Å². The molecule has 132 valence electrons. The van der Waals surface area contributed by atoms with Crippen molar-refractivity contribution in [1.29, 1.82) is 5.26 Å². The van der Waals surface area contributed by atoms with Gasteiger partial charge in [0.1, 0.15) is 11.8 Å². The lowest BCUT2D eigenvalue weighted by Gasteiger charge is -2.16. The molecule has 0 aliphatic rings. The third-order valence-corrected chi connectivity index (χ3v) is 3.59. The van der Waals surface area contributed by atoms with Crippen molar-refractivity contribution in [3.63, 3.8) is 0 Å². The van der Waals surface area contributed by atoms with Crippen molar-refractivity contribution in [3.8, 4) is 11.8 Å². The van der Waals surface area contributed by atoms with Crippen molar-refractivity contribution in [3.05, 3.63) is 65.2 Å². The molecule has 0 fully saturated rings. The minimum Gasteiger partial charge on any atom is -0.427 e. The van der Waals surface area contributed by atoms with Crippen LogP contribution in [0.1, 0.15) is 28.4 Å². The summed E-state index contributed by atoms with van der Waals surface area (Å²) in [7, 11) is 0.